The molecule has 0 spiro atoms. The summed E-state index contributed by atoms with van der Waals surface area (Å²) in [6.45, 7) is 1.58. The second-order valence-corrected chi connectivity index (χ2v) is 8.10. The summed E-state index contributed by atoms with van der Waals surface area (Å²) in [5.41, 5.74) is 0.916. The third-order valence-electron chi connectivity index (χ3n) is 4.92. The van der Waals surface area contributed by atoms with E-state index in [0.29, 0.717) is 28.3 Å². The minimum atomic E-state index is 0.208. The van der Waals surface area contributed by atoms with Crippen LogP contribution in [-0.4, -0.2) is 40.4 Å². The van der Waals surface area contributed by atoms with E-state index in [1.54, 1.807) is 18.9 Å². The molecule has 1 aliphatic rings. The number of nitrogens with zero attached hydrogens (tertiary/aromatic N) is 5. The lowest BCUT2D eigenvalue weighted by atomic mass is 10.1. The predicted molar refractivity (Wildman–Crippen MR) is 119 cm³/mol. The number of anilines is 3. The van der Waals surface area contributed by atoms with Crippen molar-refractivity contribution in [2.75, 3.05) is 30.4 Å². The highest BCUT2D eigenvalue weighted by Crippen LogP contribution is 2.38. The second-order valence-electron chi connectivity index (χ2n) is 6.78. The Hall–Kier alpha value is -3.20. The average Bonchev–Trinajstić information content (AvgIpc) is 2.80. The number of nitroso groups, excluding NO2 is 1. The van der Waals surface area contributed by atoms with Crippen molar-refractivity contribution >= 4 is 34.8 Å². The molecule has 0 bridgehead atoms. The number of pyridine rings is 1. The van der Waals surface area contributed by atoms with Gasteiger partial charge in [-0.2, -0.15) is 0 Å². The van der Waals surface area contributed by atoms with Crippen LogP contribution in [0.4, 0.5) is 23.0 Å². The first-order valence-electron chi connectivity index (χ1n) is 9.69. The lowest BCUT2D eigenvalue weighted by Gasteiger charge is -2.32. The number of ether oxygens (including phenoxy) is 1. The Morgan fingerprint density at radius 1 is 1.10 bits per heavy atom. The minimum Gasteiger partial charge on any atom is -0.495 e. The maximum Gasteiger partial charge on any atom is 0.192 e. The molecule has 0 aliphatic carbocycles. The molecular formula is C21H22N6O2S. The molecule has 3 aromatic rings. The van der Waals surface area contributed by atoms with Gasteiger partial charge in [-0.1, -0.05) is 18.2 Å². The Kier molecular flexibility index (Phi) is 6.38. The molecule has 9 heteroatoms. The average molecular weight is 423 g/mol. The summed E-state index contributed by atoms with van der Waals surface area (Å²) >= 11 is 1.80. The summed E-state index contributed by atoms with van der Waals surface area (Å²) in [6.07, 6.45) is 5.21. The first-order valence-corrected chi connectivity index (χ1v) is 10.6. The van der Waals surface area contributed by atoms with E-state index in [-0.39, 0.29) is 5.69 Å². The molecule has 0 amide bonds. The molecule has 0 unspecified atom stereocenters. The highest BCUT2D eigenvalue weighted by Gasteiger charge is 2.25. The molecule has 1 saturated heterocycles. The van der Waals surface area contributed by atoms with Crippen molar-refractivity contribution in [1.82, 2.24) is 15.0 Å². The monoisotopic (exact) mass is 422 g/mol. The molecule has 2 aromatic heterocycles. The van der Waals surface area contributed by atoms with Crippen LogP contribution < -0.4 is 15.0 Å². The molecule has 1 fully saturated rings. The predicted octanol–water partition coefficient (Wildman–Crippen LogP) is 4.78. The largest absolute Gasteiger partial charge is 0.495 e. The van der Waals surface area contributed by atoms with E-state index >= 15 is 0 Å². The molecule has 1 aromatic carbocycles. The van der Waals surface area contributed by atoms with Crippen molar-refractivity contribution in [3.8, 4) is 5.75 Å². The zero-order valence-corrected chi connectivity index (χ0v) is 17.4. The molecule has 154 valence electrons. The van der Waals surface area contributed by atoms with Crippen LogP contribution in [0.15, 0.2) is 65.2 Å². The summed E-state index contributed by atoms with van der Waals surface area (Å²) in [4.78, 5) is 26.8. The highest BCUT2D eigenvalue weighted by molar-refractivity contribution is 7.99. The molecule has 8 nitrogen and oxygen atoms in total. The Morgan fingerprint density at radius 2 is 1.90 bits per heavy atom. The van der Waals surface area contributed by atoms with Gasteiger partial charge in [0, 0.05) is 24.5 Å². The van der Waals surface area contributed by atoms with Crippen LogP contribution in [0.5, 0.6) is 5.75 Å². The SMILES string of the molecule is COc1ccccc1Nc1ncnc(N2CCC(Sc3ccccn3)CC2)c1N=O. The molecular weight excluding hydrogens is 400 g/mol. The topological polar surface area (TPSA) is 92.6 Å². The smallest absolute Gasteiger partial charge is 0.192 e. The molecule has 0 saturated carbocycles. The van der Waals surface area contributed by atoms with E-state index in [1.165, 1.54) is 6.33 Å². The Balaban J connectivity index is 1.48. The molecule has 30 heavy (non-hydrogen) atoms. The quantitative estimate of drug-likeness (QED) is 0.544. The van der Waals surface area contributed by atoms with Gasteiger partial charge in [0.15, 0.2) is 17.3 Å². The van der Waals surface area contributed by atoms with Crippen LogP contribution in [0.25, 0.3) is 0 Å². The van der Waals surface area contributed by atoms with E-state index in [2.05, 4.69) is 30.3 Å². The van der Waals surface area contributed by atoms with Crippen molar-refractivity contribution < 1.29 is 4.74 Å². The van der Waals surface area contributed by atoms with Gasteiger partial charge >= 0.3 is 0 Å². The van der Waals surface area contributed by atoms with Crippen LogP contribution in [0.1, 0.15) is 12.8 Å². The van der Waals surface area contributed by atoms with Crippen LogP contribution in [0.3, 0.4) is 0 Å². The number of rotatable bonds is 7. The minimum absolute atomic E-state index is 0.208. The number of aromatic nitrogens is 3. The molecule has 0 atom stereocenters. The lowest BCUT2D eigenvalue weighted by Crippen LogP contribution is -2.35. The van der Waals surface area contributed by atoms with E-state index < -0.39 is 0 Å². The summed E-state index contributed by atoms with van der Waals surface area (Å²) < 4.78 is 5.37. The van der Waals surface area contributed by atoms with Gasteiger partial charge in [0.25, 0.3) is 0 Å². The maximum atomic E-state index is 11.7. The van der Waals surface area contributed by atoms with Gasteiger partial charge in [-0.05, 0) is 42.3 Å². The summed E-state index contributed by atoms with van der Waals surface area (Å²) in [5.74, 6) is 1.57. The van der Waals surface area contributed by atoms with Gasteiger partial charge in [-0.25, -0.2) is 15.0 Å². The Bertz CT molecular complexity index is 996. The fourth-order valence-electron chi connectivity index (χ4n) is 3.42. The van der Waals surface area contributed by atoms with Crippen LogP contribution in [-0.2, 0) is 0 Å². The molecule has 1 aliphatic heterocycles. The summed E-state index contributed by atoms with van der Waals surface area (Å²) in [5, 5.41) is 7.93. The zero-order valence-electron chi connectivity index (χ0n) is 16.6. The highest BCUT2D eigenvalue weighted by atomic mass is 32.2. The van der Waals surface area contributed by atoms with Crippen LogP contribution in [0, 0.1) is 4.91 Å². The van der Waals surface area contributed by atoms with Crippen molar-refractivity contribution in [3.05, 3.63) is 59.9 Å². The third-order valence-corrected chi connectivity index (χ3v) is 6.21. The fraction of sp³-hybridized carbons (Fsp3) is 0.286. The number of thioether (sulfide) groups is 1. The lowest BCUT2D eigenvalue weighted by molar-refractivity contribution is 0.417. The van der Waals surface area contributed by atoms with E-state index in [0.717, 1.165) is 31.0 Å². The number of hydrogen-bond acceptors (Lipinski definition) is 9. The first-order chi connectivity index (χ1) is 14.8. The number of piperidine rings is 1. The molecule has 0 radical (unpaired) electrons. The standard InChI is InChI=1S/C21H22N6O2S/c1-29-17-7-3-2-6-16(17)25-20-19(26-28)21(24-14-23-20)27-12-9-15(10-13-27)30-18-8-4-5-11-22-18/h2-8,11,14-15H,9-10,12-13H2,1H3,(H,23,24,25). The third kappa shape index (κ3) is 4.51. The molecule has 3 heterocycles. The van der Waals surface area contributed by atoms with Gasteiger partial charge in [0.1, 0.15) is 12.1 Å². The van der Waals surface area contributed by atoms with E-state index in [4.69, 9.17) is 4.74 Å². The summed E-state index contributed by atoms with van der Waals surface area (Å²) in [6, 6.07) is 13.4. The molecule has 1 N–H and O–H groups in total. The van der Waals surface area contributed by atoms with Gasteiger partial charge in [-0.3, -0.25) is 0 Å². The fourth-order valence-corrected chi connectivity index (χ4v) is 4.49. The second kappa shape index (κ2) is 9.53. The maximum absolute atomic E-state index is 11.7. The number of methoxy groups -OCH3 is 1. The van der Waals surface area contributed by atoms with Gasteiger partial charge in [0.05, 0.1) is 17.8 Å². The Labute approximate surface area is 179 Å². The zero-order chi connectivity index (χ0) is 20.8. The number of hydrogen-bond donors (Lipinski definition) is 1. The Morgan fingerprint density at radius 3 is 2.63 bits per heavy atom. The van der Waals surface area contributed by atoms with Crippen molar-refractivity contribution in [1.29, 1.82) is 0 Å². The normalized spacial score (nSPS) is 14.4. The van der Waals surface area contributed by atoms with Crippen LogP contribution in [0.2, 0.25) is 0 Å². The van der Waals surface area contributed by atoms with E-state index in [9.17, 15) is 4.91 Å². The van der Waals surface area contributed by atoms with Crippen molar-refractivity contribution in [2.24, 2.45) is 5.18 Å². The van der Waals surface area contributed by atoms with E-state index in [1.807, 2.05) is 48.7 Å². The van der Waals surface area contributed by atoms with Crippen LogP contribution >= 0.6 is 11.8 Å². The number of para-hydroxylation sites is 2. The van der Waals surface area contributed by atoms with Gasteiger partial charge < -0.3 is 15.0 Å². The van der Waals surface area contributed by atoms with Gasteiger partial charge in [-0.15, -0.1) is 16.7 Å². The molecule has 4 rings (SSSR count). The van der Waals surface area contributed by atoms with Gasteiger partial charge in [0.2, 0.25) is 0 Å². The summed E-state index contributed by atoms with van der Waals surface area (Å²) in [7, 11) is 1.60. The van der Waals surface area contributed by atoms with Crippen molar-refractivity contribution in [3.63, 3.8) is 0 Å². The first kappa shape index (κ1) is 20.1. The number of benzene rings is 1. The number of nitrogens with one attached hydrogen (secondary N) is 1. The van der Waals surface area contributed by atoms with Crippen molar-refractivity contribution in [2.45, 2.75) is 23.1 Å².